The SMILES string of the molecule is Cc1noc(C)c1C(=O)NC(N)=O. The molecule has 0 aliphatic heterocycles. The van der Waals surface area contributed by atoms with Crippen LogP contribution in [0, 0.1) is 13.8 Å². The Balaban J connectivity index is 2.94. The van der Waals surface area contributed by atoms with Crippen LogP contribution in [0.25, 0.3) is 0 Å². The molecule has 0 atom stereocenters. The number of hydrogen-bond donors (Lipinski definition) is 2. The Bertz CT molecular complexity index is 336. The van der Waals surface area contributed by atoms with E-state index in [4.69, 9.17) is 10.3 Å². The van der Waals surface area contributed by atoms with Crippen LogP contribution in [-0.4, -0.2) is 17.1 Å². The van der Waals surface area contributed by atoms with Gasteiger partial charge in [0.25, 0.3) is 5.91 Å². The highest BCUT2D eigenvalue weighted by Crippen LogP contribution is 2.11. The molecule has 0 saturated carbocycles. The minimum absolute atomic E-state index is 0.249. The molecule has 0 fully saturated rings. The minimum atomic E-state index is -0.898. The maximum Gasteiger partial charge on any atom is 0.319 e. The molecule has 0 radical (unpaired) electrons. The van der Waals surface area contributed by atoms with Gasteiger partial charge in [0.1, 0.15) is 11.3 Å². The summed E-state index contributed by atoms with van der Waals surface area (Å²) in [7, 11) is 0. The molecule has 0 saturated heterocycles. The molecule has 13 heavy (non-hydrogen) atoms. The first kappa shape index (κ1) is 9.24. The number of urea groups is 1. The van der Waals surface area contributed by atoms with Crippen molar-refractivity contribution in [3.63, 3.8) is 0 Å². The lowest BCUT2D eigenvalue weighted by Gasteiger charge is -1.97. The Morgan fingerprint density at radius 3 is 2.46 bits per heavy atom. The summed E-state index contributed by atoms with van der Waals surface area (Å²) < 4.78 is 4.74. The molecule has 0 spiro atoms. The van der Waals surface area contributed by atoms with Gasteiger partial charge in [0.2, 0.25) is 0 Å². The smallest absolute Gasteiger partial charge is 0.319 e. The van der Waals surface area contributed by atoms with Gasteiger partial charge >= 0.3 is 6.03 Å². The Labute approximate surface area is 74.1 Å². The average molecular weight is 183 g/mol. The molecule has 0 unspecified atom stereocenters. The van der Waals surface area contributed by atoms with E-state index in [9.17, 15) is 9.59 Å². The number of nitrogens with zero attached hydrogens (tertiary/aromatic N) is 1. The number of aryl methyl sites for hydroxylation is 2. The van der Waals surface area contributed by atoms with Crippen molar-refractivity contribution in [3.05, 3.63) is 17.0 Å². The van der Waals surface area contributed by atoms with E-state index in [0.717, 1.165) is 0 Å². The topological polar surface area (TPSA) is 98.2 Å². The van der Waals surface area contributed by atoms with Crippen LogP contribution in [0.15, 0.2) is 4.52 Å². The molecule has 6 heteroatoms. The van der Waals surface area contributed by atoms with Crippen molar-refractivity contribution in [3.8, 4) is 0 Å². The van der Waals surface area contributed by atoms with Crippen LogP contribution in [0.3, 0.4) is 0 Å². The van der Waals surface area contributed by atoms with Gasteiger partial charge in [-0.1, -0.05) is 5.16 Å². The summed E-state index contributed by atoms with van der Waals surface area (Å²) in [6.07, 6.45) is 0. The lowest BCUT2D eigenvalue weighted by molar-refractivity contribution is 0.0964. The molecule has 1 aromatic heterocycles. The monoisotopic (exact) mass is 183 g/mol. The highest BCUT2D eigenvalue weighted by atomic mass is 16.5. The average Bonchev–Trinajstić information content (AvgIpc) is 2.29. The van der Waals surface area contributed by atoms with Crippen LogP contribution in [0.5, 0.6) is 0 Å². The summed E-state index contributed by atoms with van der Waals surface area (Å²) >= 11 is 0. The zero-order valence-electron chi connectivity index (χ0n) is 7.25. The van der Waals surface area contributed by atoms with Crippen LogP contribution in [0.4, 0.5) is 4.79 Å². The van der Waals surface area contributed by atoms with Gasteiger partial charge in [-0.3, -0.25) is 10.1 Å². The molecule has 6 nitrogen and oxygen atoms in total. The highest BCUT2D eigenvalue weighted by molar-refractivity contribution is 6.04. The number of carbonyl (C=O) groups is 2. The van der Waals surface area contributed by atoms with Gasteiger partial charge in [-0.05, 0) is 13.8 Å². The molecular formula is C7H9N3O3. The van der Waals surface area contributed by atoms with Crippen LogP contribution in [0.1, 0.15) is 21.8 Å². The largest absolute Gasteiger partial charge is 0.361 e. The Hall–Kier alpha value is -1.85. The molecule has 3 N–H and O–H groups in total. The first-order chi connectivity index (χ1) is 6.02. The van der Waals surface area contributed by atoms with Gasteiger partial charge in [-0.25, -0.2) is 4.79 Å². The fraction of sp³-hybridized carbons (Fsp3) is 0.286. The van der Waals surface area contributed by atoms with Crippen molar-refractivity contribution in [1.82, 2.24) is 10.5 Å². The maximum atomic E-state index is 11.2. The molecule has 0 aromatic carbocycles. The zero-order valence-corrected chi connectivity index (χ0v) is 7.25. The Morgan fingerprint density at radius 1 is 1.46 bits per heavy atom. The summed E-state index contributed by atoms with van der Waals surface area (Å²) in [4.78, 5) is 21.6. The van der Waals surface area contributed by atoms with Gasteiger partial charge < -0.3 is 10.3 Å². The molecule has 0 aliphatic carbocycles. The van der Waals surface area contributed by atoms with Crippen molar-refractivity contribution in [2.75, 3.05) is 0 Å². The van der Waals surface area contributed by atoms with Crippen LogP contribution in [-0.2, 0) is 0 Å². The van der Waals surface area contributed by atoms with E-state index >= 15 is 0 Å². The molecule has 3 amide bonds. The number of nitrogens with two attached hydrogens (primary N) is 1. The first-order valence-electron chi connectivity index (χ1n) is 3.56. The summed E-state index contributed by atoms with van der Waals surface area (Å²) in [5.74, 6) is -0.236. The van der Waals surface area contributed by atoms with Gasteiger partial charge in [-0.2, -0.15) is 0 Å². The molecule has 1 rings (SSSR count). The van der Waals surface area contributed by atoms with E-state index in [2.05, 4.69) is 5.16 Å². The molecule has 1 aromatic rings. The van der Waals surface area contributed by atoms with E-state index in [1.165, 1.54) is 0 Å². The highest BCUT2D eigenvalue weighted by Gasteiger charge is 2.18. The molecule has 1 heterocycles. The van der Waals surface area contributed by atoms with E-state index in [0.29, 0.717) is 11.5 Å². The molecule has 0 bridgehead atoms. The number of rotatable bonds is 1. The zero-order chi connectivity index (χ0) is 10.0. The Kier molecular flexibility index (Phi) is 2.32. The van der Waals surface area contributed by atoms with Gasteiger partial charge in [0.05, 0.1) is 5.69 Å². The number of amides is 3. The Morgan fingerprint density at radius 2 is 2.08 bits per heavy atom. The lowest BCUT2D eigenvalue weighted by Crippen LogP contribution is -2.35. The van der Waals surface area contributed by atoms with E-state index in [1.807, 2.05) is 5.32 Å². The van der Waals surface area contributed by atoms with Gasteiger partial charge in [0, 0.05) is 0 Å². The lowest BCUT2D eigenvalue weighted by atomic mass is 10.2. The predicted octanol–water partition coefficient (Wildman–Crippen LogP) is 0.0999. The van der Waals surface area contributed by atoms with Gasteiger partial charge in [0.15, 0.2) is 0 Å². The molecule has 70 valence electrons. The third-order valence-electron chi connectivity index (χ3n) is 1.50. The van der Waals surface area contributed by atoms with Crippen molar-refractivity contribution in [1.29, 1.82) is 0 Å². The number of imide groups is 1. The van der Waals surface area contributed by atoms with Crippen LogP contribution in [0.2, 0.25) is 0 Å². The summed E-state index contributed by atoms with van der Waals surface area (Å²) in [6.45, 7) is 3.18. The molecular weight excluding hydrogens is 174 g/mol. The number of nitrogens with one attached hydrogen (secondary N) is 1. The number of hydrogen-bond acceptors (Lipinski definition) is 4. The quantitative estimate of drug-likeness (QED) is 0.645. The summed E-state index contributed by atoms with van der Waals surface area (Å²) in [5.41, 5.74) is 5.45. The van der Waals surface area contributed by atoms with Crippen LogP contribution < -0.4 is 11.1 Å². The van der Waals surface area contributed by atoms with Crippen molar-refractivity contribution in [2.24, 2.45) is 5.73 Å². The normalized spacial score (nSPS) is 9.69. The summed E-state index contributed by atoms with van der Waals surface area (Å²) in [6, 6.07) is -0.898. The van der Waals surface area contributed by atoms with Gasteiger partial charge in [-0.15, -0.1) is 0 Å². The third kappa shape index (κ3) is 1.84. The van der Waals surface area contributed by atoms with Crippen molar-refractivity contribution in [2.45, 2.75) is 13.8 Å². The van der Waals surface area contributed by atoms with E-state index in [1.54, 1.807) is 13.8 Å². The number of aromatic nitrogens is 1. The predicted molar refractivity (Wildman–Crippen MR) is 43.0 cm³/mol. The second-order valence-electron chi connectivity index (χ2n) is 2.52. The third-order valence-corrected chi connectivity index (χ3v) is 1.50. The first-order valence-corrected chi connectivity index (χ1v) is 3.56. The maximum absolute atomic E-state index is 11.2. The fourth-order valence-corrected chi connectivity index (χ4v) is 0.982. The van der Waals surface area contributed by atoms with Crippen LogP contribution >= 0.6 is 0 Å². The minimum Gasteiger partial charge on any atom is -0.361 e. The molecule has 0 aliphatic rings. The fourth-order valence-electron chi connectivity index (χ4n) is 0.982. The second kappa shape index (κ2) is 3.26. The van der Waals surface area contributed by atoms with Crippen molar-refractivity contribution >= 4 is 11.9 Å². The standard InChI is InChI=1S/C7H9N3O3/c1-3-5(4(2)13-10-3)6(11)9-7(8)12/h1-2H3,(H3,8,9,11,12). The van der Waals surface area contributed by atoms with Crippen molar-refractivity contribution < 1.29 is 14.1 Å². The number of primary amides is 1. The number of carbonyl (C=O) groups excluding carboxylic acids is 2. The second-order valence-corrected chi connectivity index (χ2v) is 2.52. The van der Waals surface area contributed by atoms with E-state index < -0.39 is 11.9 Å². The summed E-state index contributed by atoms with van der Waals surface area (Å²) in [5, 5.41) is 5.48. The van der Waals surface area contributed by atoms with E-state index in [-0.39, 0.29) is 5.56 Å².